The van der Waals surface area contributed by atoms with Crippen molar-refractivity contribution >= 4 is 5.91 Å². The first-order chi connectivity index (χ1) is 41.6. The average Bonchev–Trinajstić information content (AvgIpc) is 3.29. The number of amides is 1. The minimum Gasteiger partial charge on any atom is -0.394 e. The monoisotopic (exact) mass is 1190 g/mol. The Morgan fingerprint density at radius 2 is 0.812 bits per heavy atom. The molecule has 484 valence electrons. The van der Waals surface area contributed by atoms with E-state index in [4.69, 9.17) is 18.9 Å². The molecular formula is C71H117NO13. The van der Waals surface area contributed by atoms with E-state index in [9.17, 15) is 45.6 Å². The lowest BCUT2D eigenvalue weighted by molar-refractivity contribution is -0.359. The quantitative estimate of drug-likeness (QED) is 0.0204. The van der Waals surface area contributed by atoms with Crippen molar-refractivity contribution in [1.29, 1.82) is 0 Å². The van der Waals surface area contributed by atoms with Crippen LogP contribution < -0.4 is 5.32 Å². The van der Waals surface area contributed by atoms with Gasteiger partial charge in [0.15, 0.2) is 12.6 Å². The zero-order chi connectivity index (χ0) is 61.6. The van der Waals surface area contributed by atoms with Crippen LogP contribution in [0.2, 0.25) is 0 Å². The van der Waals surface area contributed by atoms with Crippen molar-refractivity contribution in [3.63, 3.8) is 0 Å². The molecule has 2 saturated heterocycles. The predicted molar refractivity (Wildman–Crippen MR) is 345 cm³/mol. The lowest BCUT2D eigenvalue weighted by Crippen LogP contribution is -2.65. The number of ether oxygens (including phenoxy) is 4. The molecule has 0 spiro atoms. The van der Waals surface area contributed by atoms with Crippen molar-refractivity contribution < 1.29 is 64.6 Å². The highest BCUT2D eigenvalue weighted by atomic mass is 16.7. The van der Waals surface area contributed by atoms with Gasteiger partial charge in [0.2, 0.25) is 5.91 Å². The molecule has 12 unspecified atom stereocenters. The zero-order valence-electron chi connectivity index (χ0n) is 52.3. The molecule has 14 heteroatoms. The van der Waals surface area contributed by atoms with Crippen molar-refractivity contribution in [3.05, 3.63) is 134 Å². The van der Waals surface area contributed by atoms with E-state index in [-0.39, 0.29) is 18.9 Å². The van der Waals surface area contributed by atoms with E-state index in [1.54, 1.807) is 6.08 Å². The van der Waals surface area contributed by atoms with Gasteiger partial charge in [-0.15, -0.1) is 0 Å². The molecule has 0 bridgehead atoms. The minimum atomic E-state index is -1.80. The highest BCUT2D eigenvalue weighted by Gasteiger charge is 2.51. The van der Waals surface area contributed by atoms with Gasteiger partial charge in [-0.05, 0) is 96.3 Å². The number of nitrogens with one attached hydrogen (secondary N) is 1. The standard InChI is InChI=1S/C71H117NO13/c1-3-5-7-9-11-13-15-17-19-21-23-24-25-26-27-28-29-30-31-32-33-34-35-36-37-39-41-43-45-47-49-51-53-55-63(76)72-59(60(75)54-52-50-48-46-44-42-40-38-22-20-18-16-14-12-10-8-6-4-2)58-82-70-68(81)66(79)69(62(57-74)84-70)85-71-67(80)65(78)64(77)61(56-73)83-71/h5,7,11,13,17,19,23-24,26-27,29-30,32-33,35-36,39,41,45,47,52,54,59-62,64-71,73-75,77-81H,3-4,6,8-10,12,14-16,18,20-22,25,28,31,34,37-38,40,42-44,46,48-51,53,55-58H2,1-2H3,(H,72,76)/b7-5-,13-11-,19-17-,24-23-,27-26-,30-29-,33-32-,36-35-,41-39-,47-45-,54-52+. The molecule has 2 heterocycles. The Kier molecular flexibility index (Phi) is 49.3. The van der Waals surface area contributed by atoms with Crippen LogP contribution in [0.4, 0.5) is 0 Å². The van der Waals surface area contributed by atoms with Gasteiger partial charge in [0.05, 0.1) is 32.0 Å². The van der Waals surface area contributed by atoms with Gasteiger partial charge >= 0.3 is 0 Å². The van der Waals surface area contributed by atoms with E-state index < -0.39 is 86.8 Å². The molecule has 2 rings (SSSR count). The molecular weight excluding hydrogens is 1070 g/mol. The van der Waals surface area contributed by atoms with Gasteiger partial charge in [0, 0.05) is 6.42 Å². The fraction of sp³-hybridized carbons (Fsp3) is 0.676. The second-order valence-corrected chi connectivity index (χ2v) is 22.5. The Balaban J connectivity index is 1.74. The molecule has 0 aromatic carbocycles. The molecule has 2 aliphatic heterocycles. The molecule has 2 aliphatic rings. The topological polar surface area (TPSA) is 228 Å². The number of carbonyl (C=O) groups is 1. The summed E-state index contributed by atoms with van der Waals surface area (Å²) in [7, 11) is 0. The van der Waals surface area contributed by atoms with E-state index in [0.29, 0.717) is 6.42 Å². The molecule has 0 saturated carbocycles. The van der Waals surface area contributed by atoms with Gasteiger partial charge in [-0.1, -0.05) is 244 Å². The molecule has 14 nitrogen and oxygen atoms in total. The first-order valence-electron chi connectivity index (χ1n) is 32.9. The summed E-state index contributed by atoms with van der Waals surface area (Å²) in [6, 6.07) is -0.949. The van der Waals surface area contributed by atoms with Crippen LogP contribution in [0.5, 0.6) is 0 Å². The molecule has 85 heavy (non-hydrogen) atoms. The van der Waals surface area contributed by atoms with Gasteiger partial charge in [0.1, 0.15) is 48.8 Å². The summed E-state index contributed by atoms with van der Waals surface area (Å²) in [4.78, 5) is 13.3. The molecule has 1 amide bonds. The summed E-state index contributed by atoms with van der Waals surface area (Å²) in [5, 5.41) is 87.2. The highest BCUT2D eigenvalue weighted by molar-refractivity contribution is 5.76. The van der Waals surface area contributed by atoms with E-state index in [1.165, 1.54) is 83.5 Å². The normalized spacial score (nSPS) is 24.4. The maximum atomic E-state index is 13.3. The number of aliphatic hydroxyl groups is 8. The molecule has 12 atom stereocenters. The maximum Gasteiger partial charge on any atom is 0.220 e. The van der Waals surface area contributed by atoms with Gasteiger partial charge in [0.25, 0.3) is 0 Å². The second kappa shape index (κ2) is 54.3. The Morgan fingerprint density at radius 3 is 1.25 bits per heavy atom. The van der Waals surface area contributed by atoms with Crippen LogP contribution in [-0.4, -0.2) is 140 Å². The van der Waals surface area contributed by atoms with Crippen LogP contribution in [0, 0.1) is 0 Å². The van der Waals surface area contributed by atoms with Gasteiger partial charge in [-0.25, -0.2) is 0 Å². The smallest absolute Gasteiger partial charge is 0.220 e. The Morgan fingerprint density at radius 1 is 0.435 bits per heavy atom. The van der Waals surface area contributed by atoms with Crippen molar-refractivity contribution in [3.8, 4) is 0 Å². The van der Waals surface area contributed by atoms with Crippen LogP contribution in [0.25, 0.3) is 0 Å². The van der Waals surface area contributed by atoms with E-state index in [0.717, 1.165) is 103 Å². The van der Waals surface area contributed by atoms with E-state index in [1.807, 2.05) is 6.08 Å². The molecule has 0 aromatic rings. The molecule has 0 radical (unpaired) electrons. The number of rotatable bonds is 51. The largest absolute Gasteiger partial charge is 0.394 e. The molecule has 2 fully saturated rings. The van der Waals surface area contributed by atoms with Crippen molar-refractivity contribution in [2.45, 2.75) is 286 Å². The predicted octanol–water partition coefficient (Wildman–Crippen LogP) is 12.7. The Bertz CT molecular complexity index is 1940. The maximum absolute atomic E-state index is 13.3. The highest BCUT2D eigenvalue weighted by Crippen LogP contribution is 2.30. The summed E-state index contributed by atoms with van der Waals surface area (Å²) in [6.45, 7) is 2.65. The minimum absolute atomic E-state index is 0.217. The van der Waals surface area contributed by atoms with Crippen molar-refractivity contribution in [2.75, 3.05) is 19.8 Å². The van der Waals surface area contributed by atoms with Crippen LogP contribution in [0.1, 0.15) is 213 Å². The van der Waals surface area contributed by atoms with Crippen molar-refractivity contribution in [1.82, 2.24) is 5.32 Å². The molecule has 0 aliphatic carbocycles. The molecule has 9 N–H and O–H groups in total. The van der Waals surface area contributed by atoms with Crippen molar-refractivity contribution in [2.24, 2.45) is 0 Å². The van der Waals surface area contributed by atoms with E-state index >= 15 is 0 Å². The fourth-order valence-corrected chi connectivity index (χ4v) is 9.85. The summed E-state index contributed by atoms with van der Waals surface area (Å²) < 4.78 is 22.8. The number of hydrogen-bond donors (Lipinski definition) is 9. The van der Waals surface area contributed by atoms with Crippen LogP contribution >= 0.6 is 0 Å². The number of allylic oxidation sites excluding steroid dienone is 21. The molecule has 0 aromatic heterocycles. The zero-order valence-corrected chi connectivity index (χ0v) is 52.3. The Hall–Kier alpha value is -3.87. The second-order valence-electron chi connectivity index (χ2n) is 22.5. The summed E-state index contributed by atoms with van der Waals surface area (Å²) >= 11 is 0. The SMILES string of the molecule is CC/C=C\C/C=C\C/C=C\C/C=C\C/C=C\C/C=C\C/C=C\C/C=C\C/C=C\C/C=C\CCCCC(=O)NC(COC1OC(CO)C(OC2OC(CO)C(O)C(O)C2O)C(O)C1O)C(O)/C=C/CCCCCCCCCCCCCCCCCC. The Labute approximate surface area is 513 Å². The van der Waals surface area contributed by atoms with Gasteiger partial charge < -0.3 is 65.1 Å². The van der Waals surface area contributed by atoms with Crippen LogP contribution in [0.3, 0.4) is 0 Å². The average molecular weight is 1190 g/mol. The number of unbranched alkanes of at least 4 members (excludes halogenated alkanes) is 18. The number of hydrogen-bond acceptors (Lipinski definition) is 13. The first kappa shape index (κ1) is 77.2. The van der Waals surface area contributed by atoms with Gasteiger partial charge in [-0.3, -0.25) is 4.79 Å². The third-order valence-electron chi connectivity index (χ3n) is 15.1. The summed E-state index contributed by atoms with van der Waals surface area (Å²) in [6.07, 6.45) is 63.5. The van der Waals surface area contributed by atoms with Crippen LogP contribution in [-0.2, 0) is 23.7 Å². The summed E-state index contributed by atoms with van der Waals surface area (Å²) in [5.41, 5.74) is 0. The third-order valence-corrected chi connectivity index (χ3v) is 15.1. The fourth-order valence-electron chi connectivity index (χ4n) is 9.85. The third kappa shape index (κ3) is 38.9. The van der Waals surface area contributed by atoms with Crippen LogP contribution in [0.15, 0.2) is 134 Å². The number of aliphatic hydroxyl groups excluding tert-OH is 8. The lowest BCUT2D eigenvalue weighted by atomic mass is 9.97. The summed E-state index contributed by atoms with van der Waals surface area (Å²) in [5.74, 6) is -0.287. The number of carbonyl (C=O) groups excluding carboxylic acids is 1. The van der Waals surface area contributed by atoms with E-state index in [2.05, 4.69) is 141 Å². The van der Waals surface area contributed by atoms with Gasteiger partial charge in [-0.2, -0.15) is 0 Å². The first-order valence-corrected chi connectivity index (χ1v) is 32.9. The lowest BCUT2D eigenvalue weighted by Gasteiger charge is -2.46.